The lowest BCUT2D eigenvalue weighted by molar-refractivity contribution is 0.284. The molecule has 0 saturated carbocycles. The van der Waals surface area contributed by atoms with E-state index in [9.17, 15) is 5.11 Å². The zero-order valence-electron chi connectivity index (χ0n) is 11.6. The molecule has 0 atom stereocenters. The van der Waals surface area contributed by atoms with Crippen molar-refractivity contribution in [3.8, 4) is 11.5 Å². The minimum Gasteiger partial charge on any atom is -0.504 e. The van der Waals surface area contributed by atoms with Crippen molar-refractivity contribution in [3.05, 3.63) is 23.8 Å². The van der Waals surface area contributed by atoms with Gasteiger partial charge in [0.1, 0.15) is 4.99 Å². The van der Waals surface area contributed by atoms with E-state index in [4.69, 9.17) is 17.0 Å². The summed E-state index contributed by atoms with van der Waals surface area (Å²) in [6, 6.07) is 5.34. The van der Waals surface area contributed by atoms with E-state index in [1.54, 1.807) is 6.07 Å². The van der Waals surface area contributed by atoms with E-state index in [-0.39, 0.29) is 5.75 Å². The van der Waals surface area contributed by atoms with Crippen LogP contribution in [0.25, 0.3) is 0 Å². The predicted octanol–water partition coefficient (Wildman–Crippen LogP) is 3.20. The van der Waals surface area contributed by atoms with Crippen LogP contribution in [0.1, 0.15) is 32.3 Å². The number of aromatic hydroxyl groups is 1. The zero-order valence-corrected chi connectivity index (χ0v) is 12.4. The topological polar surface area (TPSA) is 32.7 Å². The Morgan fingerprint density at radius 2 is 2.11 bits per heavy atom. The highest BCUT2D eigenvalue weighted by Gasteiger charge is 2.19. The monoisotopic (exact) mass is 279 g/mol. The molecule has 1 fully saturated rings. The molecule has 0 aliphatic carbocycles. The summed E-state index contributed by atoms with van der Waals surface area (Å²) in [4.78, 5) is 3.10. The van der Waals surface area contributed by atoms with E-state index < -0.39 is 0 Å². The minimum atomic E-state index is 0.167. The van der Waals surface area contributed by atoms with Gasteiger partial charge >= 0.3 is 0 Å². The maximum Gasteiger partial charge on any atom is 0.161 e. The minimum absolute atomic E-state index is 0.167. The summed E-state index contributed by atoms with van der Waals surface area (Å²) in [5.41, 5.74) is 0.950. The van der Waals surface area contributed by atoms with Gasteiger partial charge in [-0.2, -0.15) is 0 Å². The maximum absolute atomic E-state index is 9.71. The van der Waals surface area contributed by atoms with Crippen LogP contribution in [0, 0.1) is 5.92 Å². The fourth-order valence-corrected chi connectivity index (χ4v) is 2.62. The molecule has 2 rings (SSSR count). The van der Waals surface area contributed by atoms with Crippen LogP contribution in [-0.2, 0) is 0 Å². The summed E-state index contributed by atoms with van der Waals surface area (Å²) in [6.45, 7) is 6.76. The molecule has 0 aromatic heterocycles. The van der Waals surface area contributed by atoms with E-state index in [1.165, 1.54) is 12.8 Å². The fourth-order valence-electron chi connectivity index (χ4n) is 2.31. The number of piperidine rings is 1. The molecule has 0 unspecified atom stereocenters. The van der Waals surface area contributed by atoms with E-state index >= 15 is 0 Å². The Bertz CT molecular complexity index is 453. The molecule has 0 spiro atoms. The van der Waals surface area contributed by atoms with Crippen molar-refractivity contribution in [2.24, 2.45) is 5.92 Å². The number of likely N-dealkylation sites (tertiary alicyclic amines) is 1. The molecule has 19 heavy (non-hydrogen) atoms. The first-order chi connectivity index (χ1) is 9.11. The Morgan fingerprint density at radius 1 is 1.42 bits per heavy atom. The summed E-state index contributed by atoms with van der Waals surface area (Å²) < 4.78 is 5.40. The highest BCUT2D eigenvalue weighted by molar-refractivity contribution is 7.80. The third-order valence-electron chi connectivity index (χ3n) is 3.58. The van der Waals surface area contributed by atoms with Crippen LogP contribution < -0.4 is 4.74 Å². The summed E-state index contributed by atoms with van der Waals surface area (Å²) in [5.74, 6) is 1.46. The Morgan fingerprint density at radius 3 is 2.74 bits per heavy atom. The van der Waals surface area contributed by atoms with Gasteiger partial charge in [0.25, 0.3) is 0 Å². The lowest BCUT2D eigenvalue weighted by Gasteiger charge is -2.32. The number of phenols is 1. The Labute approximate surface area is 120 Å². The van der Waals surface area contributed by atoms with Crippen molar-refractivity contribution in [2.75, 3.05) is 19.7 Å². The van der Waals surface area contributed by atoms with Crippen molar-refractivity contribution >= 4 is 17.2 Å². The molecule has 1 N–H and O–H groups in total. The number of hydrogen-bond donors (Lipinski definition) is 1. The third-order valence-corrected chi connectivity index (χ3v) is 4.07. The SMILES string of the molecule is CCOc1cc(C(=S)N2CCC(C)CC2)ccc1O. The van der Waals surface area contributed by atoms with Crippen LogP contribution in [0.15, 0.2) is 18.2 Å². The lowest BCUT2D eigenvalue weighted by Crippen LogP contribution is -2.37. The van der Waals surface area contributed by atoms with Gasteiger partial charge in [0.2, 0.25) is 0 Å². The standard InChI is InChI=1S/C15H21NO2S/c1-3-18-14-10-12(4-5-13(14)17)15(19)16-8-6-11(2)7-9-16/h4-5,10-11,17H,3,6-9H2,1-2H3. The van der Waals surface area contributed by atoms with Crippen molar-refractivity contribution in [2.45, 2.75) is 26.7 Å². The lowest BCUT2D eigenvalue weighted by atomic mass is 9.99. The fraction of sp³-hybridized carbons (Fsp3) is 0.533. The molecule has 1 aromatic rings. The van der Waals surface area contributed by atoms with Gasteiger partial charge in [0.05, 0.1) is 6.61 Å². The van der Waals surface area contributed by atoms with Gasteiger partial charge in [-0.1, -0.05) is 19.1 Å². The van der Waals surface area contributed by atoms with E-state index in [2.05, 4.69) is 11.8 Å². The number of hydrogen-bond acceptors (Lipinski definition) is 3. The molecule has 0 bridgehead atoms. The second-order valence-corrected chi connectivity index (χ2v) is 5.48. The molecule has 1 heterocycles. The van der Waals surface area contributed by atoms with Crippen molar-refractivity contribution in [3.63, 3.8) is 0 Å². The molecule has 1 aromatic carbocycles. The first kappa shape index (κ1) is 14.1. The number of rotatable bonds is 3. The second kappa shape index (κ2) is 6.24. The number of benzene rings is 1. The van der Waals surface area contributed by atoms with Crippen LogP contribution in [0.2, 0.25) is 0 Å². The zero-order chi connectivity index (χ0) is 13.8. The van der Waals surface area contributed by atoms with Crippen molar-refractivity contribution in [1.82, 2.24) is 4.90 Å². The highest BCUT2D eigenvalue weighted by Crippen LogP contribution is 2.28. The van der Waals surface area contributed by atoms with Crippen molar-refractivity contribution in [1.29, 1.82) is 0 Å². The maximum atomic E-state index is 9.71. The predicted molar refractivity (Wildman–Crippen MR) is 80.9 cm³/mol. The smallest absolute Gasteiger partial charge is 0.161 e. The van der Waals surface area contributed by atoms with Gasteiger partial charge < -0.3 is 14.7 Å². The van der Waals surface area contributed by atoms with Crippen LogP contribution in [-0.4, -0.2) is 34.7 Å². The van der Waals surface area contributed by atoms with Crippen LogP contribution in [0.5, 0.6) is 11.5 Å². The quantitative estimate of drug-likeness (QED) is 0.861. The molecule has 1 saturated heterocycles. The van der Waals surface area contributed by atoms with Crippen LogP contribution in [0.4, 0.5) is 0 Å². The molecule has 3 nitrogen and oxygen atoms in total. The molecular formula is C15H21NO2S. The third kappa shape index (κ3) is 3.38. The van der Waals surface area contributed by atoms with Gasteiger partial charge in [-0.25, -0.2) is 0 Å². The van der Waals surface area contributed by atoms with Gasteiger partial charge in [0, 0.05) is 18.7 Å². The largest absolute Gasteiger partial charge is 0.504 e. The summed E-state index contributed by atoms with van der Waals surface area (Å²) in [6.07, 6.45) is 2.38. The highest BCUT2D eigenvalue weighted by atomic mass is 32.1. The first-order valence-corrected chi connectivity index (χ1v) is 7.27. The molecule has 4 heteroatoms. The average molecular weight is 279 g/mol. The van der Waals surface area contributed by atoms with E-state index in [0.717, 1.165) is 29.6 Å². The summed E-state index contributed by atoms with van der Waals surface area (Å²) in [7, 11) is 0. The van der Waals surface area contributed by atoms with Gasteiger partial charge in [-0.3, -0.25) is 0 Å². The summed E-state index contributed by atoms with van der Waals surface area (Å²) in [5, 5.41) is 9.71. The van der Waals surface area contributed by atoms with E-state index in [0.29, 0.717) is 12.4 Å². The molecule has 0 amide bonds. The second-order valence-electron chi connectivity index (χ2n) is 5.09. The number of phenolic OH excluding ortho intramolecular Hbond substituents is 1. The number of thiocarbonyl (C=S) groups is 1. The van der Waals surface area contributed by atoms with Crippen LogP contribution in [0.3, 0.4) is 0 Å². The number of nitrogens with zero attached hydrogens (tertiary/aromatic N) is 1. The molecule has 1 aliphatic heterocycles. The van der Waals surface area contributed by atoms with Gasteiger partial charge in [0.15, 0.2) is 11.5 Å². The average Bonchev–Trinajstić information content (AvgIpc) is 2.41. The Balaban J connectivity index is 2.12. The molecule has 1 aliphatic rings. The first-order valence-electron chi connectivity index (χ1n) is 6.87. The van der Waals surface area contributed by atoms with Crippen molar-refractivity contribution < 1.29 is 9.84 Å². The number of ether oxygens (including phenoxy) is 1. The summed E-state index contributed by atoms with van der Waals surface area (Å²) >= 11 is 5.55. The Hall–Kier alpha value is -1.29. The van der Waals surface area contributed by atoms with Gasteiger partial charge in [-0.05, 0) is 43.9 Å². The molecule has 0 radical (unpaired) electrons. The van der Waals surface area contributed by atoms with E-state index in [1.807, 2.05) is 19.1 Å². The van der Waals surface area contributed by atoms with Gasteiger partial charge in [-0.15, -0.1) is 0 Å². The van der Waals surface area contributed by atoms with Crippen LogP contribution >= 0.6 is 12.2 Å². The normalized spacial score (nSPS) is 16.4. The molecule has 104 valence electrons. The Kier molecular flexibility index (Phi) is 4.64. The molecular weight excluding hydrogens is 258 g/mol.